The van der Waals surface area contributed by atoms with Gasteiger partial charge in [0.25, 0.3) is 5.91 Å². The van der Waals surface area contributed by atoms with Crippen LogP contribution in [0, 0.1) is 5.41 Å². The molecule has 26 heavy (non-hydrogen) atoms. The molecule has 2 fully saturated rings. The van der Waals surface area contributed by atoms with E-state index in [2.05, 4.69) is 0 Å². The Balaban J connectivity index is 0.000000412. The number of aliphatic carboxylic acids is 2. The van der Waals surface area contributed by atoms with E-state index in [-0.39, 0.29) is 17.1 Å². The first-order chi connectivity index (χ1) is 11.7. The molecule has 2 N–H and O–H groups in total. The van der Waals surface area contributed by atoms with Crippen molar-refractivity contribution < 1.29 is 29.4 Å². The maximum atomic E-state index is 12.0. The quantitative estimate of drug-likeness (QED) is 0.542. The fourth-order valence-corrected chi connectivity index (χ4v) is 4.33. The van der Waals surface area contributed by atoms with Crippen molar-refractivity contribution in [1.82, 2.24) is 4.90 Å². The maximum Gasteiger partial charge on any atom is 0.327 e. The SMILES string of the molecule is CC(C)(C)C(=O)O.CSCC(=O)/C=C1\C(=O)N2[C@@H]1SC(C)(C)[C@@H]2C(=O)O. The second kappa shape index (κ2) is 8.04. The molecule has 0 unspecified atom stereocenters. The minimum atomic E-state index is -0.997. The fourth-order valence-electron chi connectivity index (χ4n) is 2.41. The van der Waals surface area contributed by atoms with Crippen LogP contribution in [0.1, 0.15) is 34.6 Å². The Morgan fingerprint density at radius 3 is 2.15 bits per heavy atom. The van der Waals surface area contributed by atoms with Crippen molar-refractivity contribution in [2.75, 3.05) is 12.0 Å². The van der Waals surface area contributed by atoms with E-state index in [1.54, 1.807) is 20.8 Å². The molecule has 2 aliphatic rings. The standard InChI is InChI=1S/C12H15NO4S2.C5H10O2/c1-12(2)8(11(16)17)13-9(15)7(10(13)19-12)4-6(14)5-18-3;1-5(2,3)4(6)7/h4,8,10H,5H2,1-3H3,(H,16,17);1-3H3,(H,6,7)/b7-4+;/t8-,10+;/m0./s1. The highest BCUT2D eigenvalue weighted by Gasteiger charge is 2.61. The lowest BCUT2D eigenvalue weighted by Crippen LogP contribution is -2.58. The van der Waals surface area contributed by atoms with Crippen LogP contribution in [0.4, 0.5) is 0 Å². The van der Waals surface area contributed by atoms with Gasteiger partial charge in [-0.1, -0.05) is 0 Å². The van der Waals surface area contributed by atoms with Gasteiger partial charge in [0.1, 0.15) is 11.4 Å². The van der Waals surface area contributed by atoms with Gasteiger partial charge in [-0.05, 0) is 47.0 Å². The number of carbonyl (C=O) groups is 4. The first kappa shape index (κ1) is 22.6. The first-order valence-corrected chi connectivity index (χ1v) is 10.2. The van der Waals surface area contributed by atoms with Crippen LogP contribution in [0.3, 0.4) is 0 Å². The number of carboxylic acids is 2. The van der Waals surface area contributed by atoms with E-state index in [0.717, 1.165) is 0 Å². The predicted octanol–water partition coefficient (Wildman–Crippen LogP) is 2.11. The zero-order valence-corrected chi connectivity index (χ0v) is 17.4. The number of fused-ring (bicyclic) bond motifs is 1. The third-order valence-electron chi connectivity index (χ3n) is 3.83. The molecule has 2 saturated heterocycles. The number of amides is 1. The Bertz CT molecular complexity index is 650. The van der Waals surface area contributed by atoms with Gasteiger partial charge in [-0.3, -0.25) is 14.4 Å². The summed E-state index contributed by atoms with van der Waals surface area (Å²) < 4.78 is -0.551. The second-order valence-corrected chi connectivity index (χ2v) is 10.2. The van der Waals surface area contributed by atoms with Crippen LogP contribution in [0.2, 0.25) is 0 Å². The van der Waals surface area contributed by atoms with Gasteiger partial charge in [0, 0.05) is 4.75 Å². The molecule has 2 rings (SSSR count). The van der Waals surface area contributed by atoms with Gasteiger partial charge >= 0.3 is 11.9 Å². The van der Waals surface area contributed by atoms with Crippen molar-refractivity contribution in [3.8, 4) is 0 Å². The third-order valence-corrected chi connectivity index (χ3v) is 5.94. The Kier molecular flexibility index (Phi) is 6.98. The molecule has 1 amide bonds. The number of hydrogen-bond acceptors (Lipinski definition) is 6. The molecule has 2 heterocycles. The third kappa shape index (κ3) is 4.82. The summed E-state index contributed by atoms with van der Waals surface area (Å²) in [7, 11) is 0. The van der Waals surface area contributed by atoms with Crippen LogP contribution in [0.15, 0.2) is 11.6 Å². The van der Waals surface area contributed by atoms with Gasteiger partial charge in [-0.2, -0.15) is 11.8 Å². The van der Waals surface area contributed by atoms with Crippen molar-refractivity contribution >= 4 is 47.2 Å². The first-order valence-electron chi connectivity index (χ1n) is 7.94. The normalized spacial score (nSPS) is 25.1. The number of ketones is 1. The number of carboxylic acid groups (broad SMARTS) is 2. The molecule has 0 radical (unpaired) electrons. The summed E-state index contributed by atoms with van der Waals surface area (Å²) in [6, 6.07) is -0.831. The monoisotopic (exact) mass is 403 g/mol. The highest BCUT2D eigenvalue weighted by Crippen LogP contribution is 2.52. The molecule has 146 valence electrons. The van der Waals surface area contributed by atoms with Crippen molar-refractivity contribution in [1.29, 1.82) is 0 Å². The number of hydrogen-bond donors (Lipinski definition) is 2. The summed E-state index contributed by atoms with van der Waals surface area (Å²) >= 11 is 2.82. The highest BCUT2D eigenvalue weighted by molar-refractivity contribution is 8.02. The Morgan fingerprint density at radius 2 is 1.77 bits per heavy atom. The number of carbonyl (C=O) groups excluding carboxylic acids is 2. The van der Waals surface area contributed by atoms with Crippen LogP contribution in [0.5, 0.6) is 0 Å². The van der Waals surface area contributed by atoms with E-state index >= 15 is 0 Å². The van der Waals surface area contributed by atoms with Crippen LogP contribution in [-0.2, 0) is 19.2 Å². The van der Waals surface area contributed by atoms with E-state index in [9.17, 15) is 24.3 Å². The van der Waals surface area contributed by atoms with Gasteiger partial charge in [-0.15, -0.1) is 11.8 Å². The molecule has 0 aliphatic carbocycles. The fraction of sp³-hybridized carbons (Fsp3) is 0.647. The van der Waals surface area contributed by atoms with Crippen LogP contribution in [-0.4, -0.2) is 66.9 Å². The summed E-state index contributed by atoms with van der Waals surface area (Å²) in [5.74, 6) is -1.85. The molecular weight excluding hydrogens is 378 g/mol. The molecule has 2 atom stereocenters. The molecule has 0 saturated carbocycles. The van der Waals surface area contributed by atoms with E-state index < -0.39 is 28.1 Å². The Hall–Kier alpha value is -1.48. The van der Waals surface area contributed by atoms with Crippen LogP contribution in [0.25, 0.3) is 0 Å². The lowest BCUT2D eigenvalue weighted by atomic mass is 9.95. The summed E-state index contributed by atoms with van der Waals surface area (Å²) in [4.78, 5) is 46.2. The topological polar surface area (TPSA) is 112 Å². The van der Waals surface area contributed by atoms with E-state index in [0.29, 0.717) is 11.3 Å². The molecule has 0 aromatic carbocycles. The lowest BCUT2D eigenvalue weighted by molar-refractivity contribution is -0.152. The Morgan fingerprint density at radius 1 is 1.27 bits per heavy atom. The molecular formula is C17H25NO6S2. The summed E-state index contributed by atoms with van der Waals surface area (Å²) in [5.41, 5.74) is -0.152. The van der Waals surface area contributed by atoms with Crippen molar-refractivity contribution in [3.05, 3.63) is 11.6 Å². The number of allylic oxidation sites excluding steroid dienone is 1. The molecule has 0 aromatic heterocycles. The maximum absolute atomic E-state index is 12.0. The summed E-state index contributed by atoms with van der Waals surface area (Å²) in [6.07, 6.45) is 3.19. The average molecular weight is 404 g/mol. The van der Waals surface area contributed by atoms with Crippen molar-refractivity contribution in [2.45, 2.75) is 50.8 Å². The molecule has 2 aliphatic heterocycles. The van der Waals surface area contributed by atoms with Crippen molar-refractivity contribution in [2.24, 2.45) is 5.41 Å². The van der Waals surface area contributed by atoms with Gasteiger partial charge in [-0.25, -0.2) is 4.79 Å². The average Bonchev–Trinajstić information content (AvgIpc) is 2.73. The van der Waals surface area contributed by atoms with E-state index in [1.165, 1.54) is 34.5 Å². The predicted molar refractivity (Wildman–Crippen MR) is 102 cm³/mol. The van der Waals surface area contributed by atoms with E-state index in [4.69, 9.17) is 5.11 Å². The van der Waals surface area contributed by atoms with Crippen LogP contribution < -0.4 is 0 Å². The zero-order chi connectivity index (χ0) is 20.4. The minimum Gasteiger partial charge on any atom is -0.481 e. The number of β-lactam (4-membered cyclic amide) rings is 1. The number of rotatable bonds is 4. The smallest absolute Gasteiger partial charge is 0.327 e. The largest absolute Gasteiger partial charge is 0.481 e. The van der Waals surface area contributed by atoms with Crippen LogP contribution >= 0.6 is 23.5 Å². The lowest BCUT2D eigenvalue weighted by Gasteiger charge is -2.38. The second-order valence-electron chi connectivity index (χ2n) is 7.58. The molecule has 0 spiro atoms. The molecule has 7 nitrogen and oxygen atoms in total. The summed E-state index contributed by atoms with van der Waals surface area (Å²) in [6.45, 7) is 8.60. The molecule has 0 aromatic rings. The van der Waals surface area contributed by atoms with Gasteiger partial charge in [0.2, 0.25) is 0 Å². The summed E-state index contributed by atoms with van der Waals surface area (Å²) in [5, 5.41) is 17.2. The minimum absolute atomic E-state index is 0.104. The van der Waals surface area contributed by atoms with E-state index in [1.807, 2.05) is 20.1 Å². The van der Waals surface area contributed by atoms with Gasteiger partial charge in [0.05, 0.1) is 16.7 Å². The number of thioether (sulfide) groups is 2. The molecule has 0 bridgehead atoms. The van der Waals surface area contributed by atoms with Gasteiger partial charge < -0.3 is 15.1 Å². The zero-order valence-electron chi connectivity index (χ0n) is 15.7. The number of nitrogens with zero attached hydrogens (tertiary/aromatic N) is 1. The van der Waals surface area contributed by atoms with Gasteiger partial charge in [0.15, 0.2) is 5.78 Å². The highest BCUT2D eigenvalue weighted by atomic mass is 32.2. The van der Waals surface area contributed by atoms with Crippen molar-refractivity contribution in [3.63, 3.8) is 0 Å². The Labute approximate surface area is 161 Å². The molecule has 9 heteroatoms.